The summed E-state index contributed by atoms with van der Waals surface area (Å²) in [5.74, 6) is -0.538. The van der Waals surface area contributed by atoms with Crippen molar-refractivity contribution >= 4 is 11.7 Å². The normalized spacial score (nSPS) is 33.6. The predicted octanol–water partition coefficient (Wildman–Crippen LogP) is 0.211. The lowest BCUT2D eigenvalue weighted by molar-refractivity contribution is -0.145. The van der Waals surface area contributed by atoms with Crippen molar-refractivity contribution in [3.63, 3.8) is 0 Å². The molecular formula is C12H15NO4. The van der Waals surface area contributed by atoms with Crippen LogP contribution >= 0.6 is 0 Å². The molecule has 0 aliphatic carbocycles. The first-order chi connectivity index (χ1) is 8.04. The second-order valence-corrected chi connectivity index (χ2v) is 4.32. The fourth-order valence-electron chi connectivity index (χ4n) is 2.09. The first-order valence-corrected chi connectivity index (χ1v) is 5.51. The van der Waals surface area contributed by atoms with Crippen LogP contribution in [0.2, 0.25) is 0 Å². The monoisotopic (exact) mass is 237 g/mol. The molecule has 0 unspecified atom stereocenters. The van der Waals surface area contributed by atoms with Gasteiger partial charge in [-0.15, -0.1) is 0 Å². The van der Waals surface area contributed by atoms with Gasteiger partial charge in [0.25, 0.3) is 0 Å². The summed E-state index contributed by atoms with van der Waals surface area (Å²) in [5.41, 5.74) is 0.774. The fraction of sp³-hybridized carbons (Fsp3) is 0.500. The quantitative estimate of drug-likeness (QED) is 0.550. The molecule has 0 spiro atoms. The zero-order valence-electron chi connectivity index (χ0n) is 9.63. The topological polar surface area (TPSA) is 66.8 Å². The Hall–Kier alpha value is -1.46. The van der Waals surface area contributed by atoms with Crippen LogP contribution in [0.5, 0.6) is 0 Å². The van der Waals surface area contributed by atoms with Gasteiger partial charge in [0.1, 0.15) is 12.3 Å². The molecule has 0 saturated carbocycles. The molecule has 0 radical (unpaired) electrons. The second kappa shape index (κ2) is 4.43. The average molecular weight is 237 g/mol. The Morgan fingerprint density at radius 1 is 1.59 bits per heavy atom. The maximum Gasteiger partial charge on any atom is 0.236 e. The molecule has 0 aromatic carbocycles. The van der Waals surface area contributed by atoms with Crippen molar-refractivity contribution in [2.75, 3.05) is 6.61 Å². The Balaban J connectivity index is 2.19. The molecule has 3 atom stereocenters. The van der Waals surface area contributed by atoms with Crippen molar-refractivity contribution < 1.29 is 19.4 Å². The number of carbonyl (C=O) groups excluding carboxylic acids is 2. The smallest absolute Gasteiger partial charge is 0.236 e. The number of ether oxygens (including phenoxy) is 1. The highest BCUT2D eigenvalue weighted by molar-refractivity contribution is 6.06. The molecule has 1 saturated heterocycles. The van der Waals surface area contributed by atoms with E-state index in [9.17, 15) is 9.59 Å². The highest BCUT2D eigenvalue weighted by Gasteiger charge is 2.41. The zero-order valence-corrected chi connectivity index (χ0v) is 9.63. The van der Waals surface area contributed by atoms with E-state index in [0.717, 1.165) is 5.57 Å². The van der Waals surface area contributed by atoms with Crippen molar-refractivity contribution in [3.8, 4) is 0 Å². The van der Waals surface area contributed by atoms with Crippen molar-refractivity contribution in [3.05, 3.63) is 24.4 Å². The largest absolute Gasteiger partial charge is 0.393 e. The minimum absolute atomic E-state index is 0.0612. The molecule has 5 heteroatoms. The second-order valence-electron chi connectivity index (χ2n) is 4.32. The number of rotatable bonds is 2. The van der Waals surface area contributed by atoms with Crippen LogP contribution in [0, 0.1) is 5.92 Å². The van der Waals surface area contributed by atoms with Gasteiger partial charge >= 0.3 is 0 Å². The minimum atomic E-state index is -0.475. The van der Waals surface area contributed by atoms with E-state index in [4.69, 9.17) is 9.84 Å². The summed E-state index contributed by atoms with van der Waals surface area (Å²) in [4.78, 5) is 24.2. The van der Waals surface area contributed by atoms with E-state index in [1.807, 2.05) is 6.92 Å². The first-order valence-electron chi connectivity index (χ1n) is 5.51. The molecule has 0 aromatic heterocycles. The third-order valence-electron chi connectivity index (χ3n) is 3.20. The van der Waals surface area contributed by atoms with Crippen LogP contribution in [0.1, 0.15) is 13.3 Å². The minimum Gasteiger partial charge on any atom is -0.393 e. The number of carbonyl (C=O) groups is 2. The van der Waals surface area contributed by atoms with E-state index in [1.165, 1.54) is 17.2 Å². The standard InChI is InChI=1S/C12H15NO4/c1-7-8(2)12(17-10(7)6-14)13-4-3-9(15)5-11(13)16/h3-4,8,10,12,14H,1,5-6H2,2H3/t8-,10-,12-/m0/s1. The highest BCUT2D eigenvalue weighted by Crippen LogP contribution is 2.33. The Kier molecular flexibility index (Phi) is 3.13. The third-order valence-corrected chi connectivity index (χ3v) is 3.20. The van der Waals surface area contributed by atoms with E-state index in [2.05, 4.69) is 6.58 Å². The lowest BCUT2D eigenvalue weighted by Crippen LogP contribution is -2.42. The number of amides is 1. The van der Waals surface area contributed by atoms with Crippen LogP contribution in [0.4, 0.5) is 0 Å². The summed E-state index contributed by atoms with van der Waals surface area (Å²) in [6.45, 7) is 5.60. The lowest BCUT2D eigenvalue weighted by Gasteiger charge is -2.29. The van der Waals surface area contributed by atoms with Crippen molar-refractivity contribution in [1.82, 2.24) is 4.90 Å². The maximum atomic E-state index is 11.7. The van der Waals surface area contributed by atoms with Crippen LogP contribution < -0.4 is 0 Å². The summed E-state index contributed by atoms with van der Waals surface area (Å²) < 4.78 is 5.57. The van der Waals surface area contributed by atoms with E-state index in [-0.39, 0.29) is 30.6 Å². The summed E-state index contributed by atoms with van der Waals surface area (Å²) in [6, 6.07) is 0. The molecule has 0 bridgehead atoms. The number of hydrogen-bond acceptors (Lipinski definition) is 4. The molecule has 0 aromatic rings. The van der Waals surface area contributed by atoms with E-state index >= 15 is 0 Å². The predicted molar refractivity (Wildman–Crippen MR) is 59.7 cm³/mol. The Morgan fingerprint density at radius 3 is 2.82 bits per heavy atom. The number of allylic oxidation sites excluding steroid dienone is 1. The SMILES string of the molecule is C=C1[C@H](CO)O[C@H](N2C=CC(=O)CC2=O)[C@H]1C. The summed E-state index contributed by atoms with van der Waals surface area (Å²) in [7, 11) is 0. The third kappa shape index (κ3) is 2.03. The Bertz CT molecular complexity index is 401. The van der Waals surface area contributed by atoms with Gasteiger partial charge in [-0.25, -0.2) is 0 Å². The molecule has 2 rings (SSSR count). The maximum absolute atomic E-state index is 11.7. The molecular weight excluding hydrogens is 222 g/mol. The van der Waals surface area contributed by atoms with E-state index in [0.29, 0.717) is 0 Å². The van der Waals surface area contributed by atoms with Crippen molar-refractivity contribution in [2.45, 2.75) is 25.7 Å². The van der Waals surface area contributed by atoms with Crippen LogP contribution in [0.15, 0.2) is 24.4 Å². The molecule has 2 aliphatic rings. The number of aliphatic hydroxyl groups excluding tert-OH is 1. The van der Waals surface area contributed by atoms with E-state index in [1.54, 1.807) is 0 Å². The Morgan fingerprint density at radius 2 is 2.29 bits per heavy atom. The van der Waals surface area contributed by atoms with Crippen LogP contribution in [0.3, 0.4) is 0 Å². The van der Waals surface area contributed by atoms with Gasteiger partial charge in [-0.1, -0.05) is 13.5 Å². The molecule has 1 fully saturated rings. The average Bonchev–Trinajstić information content (AvgIpc) is 2.57. The fourth-order valence-corrected chi connectivity index (χ4v) is 2.09. The van der Waals surface area contributed by atoms with Gasteiger partial charge in [-0.3, -0.25) is 14.5 Å². The van der Waals surface area contributed by atoms with Gasteiger partial charge in [0.05, 0.1) is 13.0 Å². The van der Waals surface area contributed by atoms with Crippen molar-refractivity contribution in [2.24, 2.45) is 5.92 Å². The van der Waals surface area contributed by atoms with Crippen LogP contribution in [0.25, 0.3) is 0 Å². The molecule has 1 N–H and O–H groups in total. The van der Waals surface area contributed by atoms with Crippen LogP contribution in [-0.2, 0) is 14.3 Å². The van der Waals surface area contributed by atoms with Gasteiger partial charge in [-0.2, -0.15) is 0 Å². The summed E-state index contributed by atoms with van der Waals surface area (Å²) in [6.07, 6.45) is 1.78. The number of nitrogens with zero attached hydrogens (tertiary/aromatic N) is 1. The van der Waals surface area contributed by atoms with Gasteiger partial charge in [0.15, 0.2) is 5.78 Å². The van der Waals surface area contributed by atoms with Crippen molar-refractivity contribution in [1.29, 1.82) is 0 Å². The molecule has 2 heterocycles. The van der Waals surface area contributed by atoms with Crippen LogP contribution in [-0.4, -0.2) is 40.6 Å². The van der Waals surface area contributed by atoms with E-state index < -0.39 is 12.3 Å². The molecule has 17 heavy (non-hydrogen) atoms. The zero-order chi connectivity index (χ0) is 12.6. The molecule has 5 nitrogen and oxygen atoms in total. The number of hydrogen-bond donors (Lipinski definition) is 1. The number of aliphatic hydroxyl groups is 1. The van der Waals surface area contributed by atoms with Gasteiger partial charge in [-0.05, 0) is 11.6 Å². The molecule has 1 amide bonds. The highest BCUT2D eigenvalue weighted by atomic mass is 16.5. The summed E-state index contributed by atoms with van der Waals surface area (Å²) in [5, 5.41) is 9.12. The molecule has 2 aliphatic heterocycles. The number of ketones is 1. The lowest BCUT2D eigenvalue weighted by atomic mass is 9.99. The van der Waals surface area contributed by atoms with Gasteiger partial charge < -0.3 is 9.84 Å². The van der Waals surface area contributed by atoms with Gasteiger partial charge in [0.2, 0.25) is 5.91 Å². The van der Waals surface area contributed by atoms with Gasteiger partial charge in [0, 0.05) is 12.1 Å². The Labute approximate surface area is 99.4 Å². The molecule has 92 valence electrons. The first kappa shape index (κ1) is 12.0. The summed E-state index contributed by atoms with van der Waals surface area (Å²) >= 11 is 0.